The highest BCUT2D eigenvalue weighted by molar-refractivity contribution is 7.09. The molecule has 1 fully saturated rings. The Morgan fingerprint density at radius 3 is 2.88 bits per heavy atom. The lowest BCUT2D eigenvalue weighted by Crippen LogP contribution is -2.34. The van der Waals surface area contributed by atoms with E-state index in [1.54, 1.807) is 29.7 Å². The molecular formula is C17H18N4O2S. The van der Waals surface area contributed by atoms with Gasteiger partial charge in [-0.2, -0.15) is 0 Å². The van der Waals surface area contributed by atoms with Crippen molar-refractivity contribution in [3.63, 3.8) is 0 Å². The fourth-order valence-corrected chi connectivity index (χ4v) is 3.54. The molecule has 3 aromatic rings. The Balaban J connectivity index is 1.46. The van der Waals surface area contributed by atoms with Crippen molar-refractivity contribution >= 4 is 22.9 Å². The molecule has 0 spiro atoms. The van der Waals surface area contributed by atoms with Crippen LogP contribution in [0.15, 0.2) is 46.7 Å². The minimum Gasteiger partial charge on any atom is -0.335 e. The molecule has 3 aromatic heterocycles. The number of hydrogen-bond donors (Lipinski definition) is 0. The highest BCUT2D eigenvalue weighted by Gasteiger charge is 2.32. The summed E-state index contributed by atoms with van der Waals surface area (Å²) in [7, 11) is 0. The number of aryl methyl sites for hydroxylation is 1. The van der Waals surface area contributed by atoms with Gasteiger partial charge in [-0.25, -0.2) is 9.48 Å². The van der Waals surface area contributed by atoms with E-state index in [1.165, 1.54) is 14.0 Å². The van der Waals surface area contributed by atoms with Gasteiger partial charge < -0.3 is 4.90 Å². The van der Waals surface area contributed by atoms with E-state index in [0.29, 0.717) is 31.2 Å². The Morgan fingerprint density at radius 2 is 2.17 bits per heavy atom. The molecule has 24 heavy (non-hydrogen) atoms. The number of carbonyl (C=O) groups is 1. The molecule has 0 atom stereocenters. The molecular weight excluding hydrogens is 324 g/mol. The molecule has 124 valence electrons. The van der Waals surface area contributed by atoms with E-state index in [0.717, 1.165) is 12.8 Å². The summed E-state index contributed by atoms with van der Waals surface area (Å²) in [6, 6.07) is 9.84. The maximum atomic E-state index is 12.6. The quantitative estimate of drug-likeness (QED) is 0.689. The molecule has 1 aliphatic carbocycles. The predicted octanol–water partition coefficient (Wildman–Crippen LogP) is 2.14. The summed E-state index contributed by atoms with van der Waals surface area (Å²) in [6.45, 7) is 0.980. The predicted molar refractivity (Wildman–Crippen MR) is 92.0 cm³/mol. The van der Waals surface area contributed by atoms with E-state index in [4.69, 9.17) is 0 Å². The van der Waals surface area contributed by atoms with Gasteiger partial charge in [0.25, 0.3) is 0 Å². The average molecular weight is 342 g/mol. The summed E-state index contributed by atoms with van der Waals surface area (Å²) in [4.78, 5) is 28.0. The SMILES string of the molecule is O=C(CCn1nc2ccccn2c1=O)N(Cc1cccs1)C1CC1. The van der Waals surface area contributed by atoms with Crippen molar-refractivity contribution in [2.45, 2.75) is 38.4 Å². The Morgan fingerprint density at radius 1 is 1.29 bits per heavy atom. The third-order valence-electron chi connectivity index (χ3n) is 4.24. The van der Waals surface area contributed by atoms with Gasteiger partial charge in [0.2, 0.25) is 5.91 Å². The zero-order valence-electron chi connectivity index (χ0n) is 13.2. The van der Waals surface area contributed by atoms with Gasteiger partial charge in [-0.3, -0.25) is 9.20 Å². The van der Waals surface area contributed by atoms with E-state index in [1.807, 2.05) is 22.4 Å². The number of aromatic nitrogens is 3. The summed E-state index contributed by atoms with van der Waals surface area (Å²) in [6.07, 6.45) is 4.14. The monoisotopic (exact) mass is 342 g/mol. The number of amides is 1. The molecule has 0 radical (unpaired) electrons. The average Bonchev–Trinajstić information content (AvgIpc) is 3.21. The van der Waals surface area contributed by atoms with Gasteiger partial charge in [0.05, 0.1) is 13.1 Å². The Bertz CT molecular complexity index is 908. The van der Waals surface area contributed by atoms with Crippen LogP contribution < -0.4 is 5.69 Å². The van der Waals surface area contributed by atoms with Crippen LogP contribution in [0.3, 0.4) is 0 Å². The molecule has 4 rings (SSSR count). The minimum absolute atomic E-state index is 0.0925. The van der Waals surface area contributed by atoms with Gasteiger partial charge >= 0.3 is 5.69 Å². The molecule has 3 heterocycles. The Hall–Kier alpha value is -2.41. The molecule has 0 saturated heterocycles. The van der Waals surface area contributed by atoms with Crippen LogP contribution in [0.1, 0.15) is 24.1 Å². The minimum atomic E-state index is -0.199. The molecule has 0 N–H and O–H groups in total. The number of rotatable bonds is 6. The lowest BCUT2D eigenvalue weighted by molar-refractivity contribution is -0.132. The van der Waals surface area contributed by atoms with Gasteiger partial charge in [-0.05, 0) is 36.4 Å². The molecule has 7 heteroatoms. The Kier molecular flexibility index (Phi) is 3.93. The fourth-order valence-electron chi connectivity index (χ4n) is 2.84. The van der Waals surface area contributed by atoms with Gasteiger partial charge in [-0.15, -0.1) is 16.4 Å². The highest BCUT2D eigenvalue weighted by atomic mass is 32.1. The molecule has 0 unspecified atom stereocenters. The Labute approximate surface area is 142 Å². The van der Waals surface area contributed by atoms with Crippen LogP contribution >= 0.6 is 11.3 Å². The second-order valence-corrected chi connectivity index (χ2v) is 7.05. The van der Waals surface area contributed by atoms with Crippen molar-refractivity contribution in [2.75, 3.05) is 0 Å². The molecule has 1 amide bonds. The van der Waals surface area contributed by atoms with Crippen LogP contribution in [0.25, 0.3) is 5.65 Å². The smallest absolute Gasteiger partial charge is 0.335 e. The third-order valence-corrected chi connectivity index (χ3v) is 5.10. The lowest BCUT2D eigenvalue weighted by Gasteiger charge is -2.21. The second kappa shape index (κ2) is 6.24. The van der Waals surface area contributed by atoms with Crippen molar-refractivity contribution in [1.29, 1.82) is 0 Å². The van der Waals surface area contributed by atoms with Gasteiger partial charge in [0.15, 0.2) is 5.65 Å². The normalized spacial score (nSPS) is 14.2. The van der Waals surface area contributed by atoms with Crippen LogP contribution in [-0.4, -0.2) is 31.0 Å². The van der Waals surface area contributed by atoms with Crippen molar-refractivity contribution < 1.29 is 4.79 Å². The summed E-state index contributed by atoms with van der Waals surface area (Å²) < 4.78 is 2.87. The first-order valence-electron chi connectivity index (χ1n) is 8.08. The number of carbonyl (C=O) groups excluding carboxylic acids is 1. The first-order chi connectivity index (χ1) is 11.7. The van der Waals surface area contributed by atoms with Crippen molar-refractivity contribution in [3.8, 4) is 0 Å². The molecule has 1 saturated carbocycles. The molecule has 0 aliphatic heterocycles. The van der Waals surface area contributed by atoms with E-state index >= 15 is 0 Å². The van der Waals surface area contributed by atoms with Crippen LogP contribution in [0, 0.1) is 0 Å². The van der Waals surface area contributed by atoms with Crippen LogP contribution in [-0.2, 0) is 17.9 Å². The first-order valence-corrected chi connectivity index (χ1v) is 8.96. The summed E-state index contributed by atoms with van der Waals surface area (Å²) >= 11 is 1.67. The van der Waals surface area contributed by atoms with Crippen molar-refractivity contribution in [1.82, 2.24) is 19.1 Å². The van der Waals surface area contributed by atoms with Gasteiger partial charge in [0, 0.05) is 23.5 Å². The molecule has 0 aromatic carbocycles. The summed E-state index contributed by atoms with van der Waals surface area (Å²) in [5.41, 5.74) is 0.405. The van der Waals surface area contributed by atoms with Crippen LogP contribution in [0.2, 0.25) is 0 Å². The van der Waals surface area contributed by atoms with E-state index in [2.05, 4.69) is 11.2 Å². The lowest BCUT2D eigenvalue weighted by atomic mass is 10.3. The standard InChI is InChI=1S/C17H18N4O2S/c22-16(20(13-6-7-13)12-14-4-3-11-24-14)8-10-21-17(23)19-9-2-1-5-15(19)18-21/h1-5,9,11,13H,6-8,10,12H2. The highest BCUT2D eigenvalue weighted by Crippen LogP contribution is 2.29. The summed E-state index contributed by atoms with van der Waals surface area (Å²) in [5.74, 6) is 0.0925. The zero-order valence-corrected chi connectivity index (χ0v) is 14.0. The summed E-state index contributed by atoms with van der Waals surface area (Å²) in [5, 5.41) is 6.31. The second-order valence-electron chi connectivity index (χ2n) is 6.02. The largest absolute Gasteiger partial charge is 0.350 e. The van der Waals surface area contributed by atoms with E-state index < -0.39 is 0 Å². The van der Waals surface area contributed by atoms with Crippen LogP contribution in [0.4, 0.5) is 0 Å². The molecule has 0 bridgehead atoms. The fraction of sp³-hybridized carbons (Fsp3) is 0.353. The van der Waals surface area contributed by atoms with Gasteiger partial charge in [-0.1, -0.05) is 12.1 Å². The maximum absolute atomic E-state index is 12.6. The first kappa shape index (κ1) is 15.1. The topological polar surface area (TPSA) is 59.6 Å². The maximum Gasteiger partial charge on any atom is 0.350 e. The number of fused-ring (bicyclic) bond motifs is 1. The molecule has 6 nitrogen and oxygen atoms in total. The van der Waals surface area contributed by atoms with Gasteiger partial charge in [0.1, 0.15) is 0 Å². The van der Waals surface area contributed by atoms with Crippen molar-refractivity contribution in [2.24, 2.45) is 0 Å². The third kappa shape index (κ3) is 2.99. The number of pyridine rings is 1. The number of nitrogens with zero attached hydrogens (tertiary/aromatic N) is 4. The zero-order chi connectivity index (χ0) is 16.5. The number of thiophene rings is 1. The van der Waals surface area contributed by atoms with E-state index in [-0.39, 0.29) is 11.6 Å². The van der Waals surface area contributed by atoms with Crippen LogP contribution in [0.5, 0.6) is 0 Å². The van der Waals surface area contributed by atoms with E-state index in [9.17, 15) is 9.59 Å². The van der Waals surface area contributed by atoms with Crippen molar-refractivity contribution in [3.05, 3.63) is 57.3 Å². The molecule has 1 aliphatic rings. The number of hydrogen-bond acceptors (Lipinski definition) is 4.